The van der Waals surface area contributed by atoms with Gasteiger partial charge in [-0.25, -0.2) is 0 Å². The second-order valence-electron chi connectivity index (χ2n) is 5.51. The Morgan fingerprint density at radius 2 is 1.80 bits per heavy atom. The van der Waals surface area contributed by atoms with E-state index in [4.69, 9.17) is 4.74 Å². The molecule has 0 aromatic heterocycles. The van der Waals surface area contributed by atoms with Gasteiger partial charge in [-0.2, -0.15) is 0 Å². The number of hydrogen-bond donors (Lipinski definition) is 0. The quantitative estimate of drug-likeness (QED) is 0.547. The number of alkyl halides is 1. The summed E-state index contributed by atoms with van der Waals surface area (Å²) in [5, 5.41) is 0. The van der Waals surface area contributed by atoms with Crippen LogP contribution in [0.25, 0.3) is 0 Å². The van der Waals surface area contributed by atoms with Crippen molar-refractivity contribution >= 4 is 22.6 Å². The number of halogens is 1. The van der Waals surface area contributed by atoms with Crippen LogP contribution >= 0.6 is 22.6 Å². The Balaban J connectivity index is 1.80. The molecule has 0 radical (unpaired) electrons. The maximum atomic E-state index is 6.28. The third-order valence-electron chi connectivity index (χ3n) is 4.29. The molecule has 2 heteroatoms. The van der Waals surface area contributed by atoms with Gasteiger partial charge in [0, 0.05) is 3.92 Å². The predicted octanol–water partition coefficient (Wildman–Crippen LogP) is 4.18. The summed E-state index contributed by atoms with van der Waals surface area (Å²) in [6.07, 6.45) is 9.12. The van der Waals surface area contributed by atoms with Gasteiger partial charge < -0.3 is 4.74 Å². The topological polar surface area (TPSA) is 9.23 Å². The number of ether oxygens (including phenoxy) is 1. The van der Waals surface area contributed by atoms with E-state index in [-0.39, 0.29) is 0 Å². The molecule has 2 aliphatic rings. The summed E-state index contributed by atoms with van der Waals surface area (Å²) in [7, 11) is 0. The van der Waals surface area contributed by atoms with E-state index in [1.54, 1.807) is 0 Å². The van der Waals surface area contributed by atoms with Crippen LogP contribution < -0.4 is 0 Å². The number of rotatable bonds is 2. The van der Waals surface area contributed by atoms with Gasteiger partial charge in [-0.05, 0) is 50.4 Å². The molecule has 5 atom stereocenters. The maximum absolute atomic E-state index is 6.28. The summed E-state index contributed by atoms with van der Waals surface area (Å²) in [5.41, 5.74) is 0. The van der Waals surface area contributed by atoms with E-state index in [2.05, 4.69) is 36.4 Å². The first-order chi connectivity index (χ1) is 7.16. The van der Waals surface area contributed by atoms with E-state index in [1.165, 1.54) is 38.5 Å². The van der Waals surface area contributed by atoms with Crippen LogP contribution in [0.1, 0.15) is 52.4 Å². The smallest absolute Gasteiger partial charge is 0.0696 e. The number of hydrogen-bond acceptors (Lipinski definition) is 1. The minimum absolute atomic E-state index is 0.566. The van der Waals surface area contributed by atoms with Crippen LogP contribution in [0.3, 0.4) is 0 Å². The Morgan fingerprint density at radius 1 is 1.00 bits per heavy atom. The Hall–Kier alpha value is 0.690. The van der Waals surface area contributed by atoms with E-state index in [1.807, 2.05) is 0 Å². The summed E-state index contributed by atoms with van der Waals surface area (Å²) in [4.78, 5) is 0. The van der Waals surface area contributed by atoms with Crippen LogP contribution in [0.15, 0.2) is 0 Å². The first kappa shape index (κ1) is 12.2. The molecule has 2 rings (SSSR count). The molecule has 1 nitrogen and oxygen atoms in total. The zero-order valence-electron chi connectivity index (χ0n) is 9.92. The van der Waals surface area contributed by atoms with E-state index in [0.717, 1.165) is 15.8 Å². The van der Waals surface area contributed by atoms with Gasteiger partial charge in [0.1, 0.15) is 0 Å². The minimum atomic E-state index is 0.566. The Labute approximate surface area is 107 Å². The second-order valence-corrected chi connectivity index (χ2v) is 7.11. The zero-order chi connectivity index (χ0) is 10.8. The van der Waals surface area contributed by atoms with Crippen LogP contribution in [0.4, 0.5) is 0 Å². The lowest BCUT2D eigenvalue weighted by molar-refractivity contribution is -0.0401. The van der Waals surface area contributed by atoms with Crippen molar-refractivity contribution in [2.75, 3.05) is 0 Å². The van der Waals surface area contributed by atoms with Gasteiger partial charge >= 0.3 is 0 Å². The third-order valence-corrected chi connectivity index (χ3v) is 5.71. The van der Waals surface area contributed by atoms with Crippen LogP contribution in [0.2, 0.25) is 0 Å². The van der Waals surface area contributed by atoms with Gasteiger partial charge in [0.2, 0.25) is 0 Å². The molecule has 0 spiro atoms. The summed E-state index contributed by atoms with van der Waals surface area (Å²) in [5.74, 6) is 1.77. The summed E-state index contributed by atoms with van der Waals surface area (Å²) < 4.78 is 7.05. The van der Waals surface area contributed by atoms with Crippen molar-refractivity contribution in [3.05, 3.63) is 0 Å². The Morgan fingerprint density at radius 3 is 2.40 bits per heavy atom. The Bertz CT molecular complexity index is 207. The fourth-order valence-electron chi connectivity index (χ4n) is 2.90. The monoisotopic (exact) mass is 322 g/mol. The molecule has 5 unspecified atom stereocenters. The van der Waals surface area contributed by atoms with Crippen molar-refractivity contribution in [2.24, 2.45) is 11.8 Å². The van der Waals surface area contributed by atoms with Crippen LogP contribution in [-0.2, 0) is 4.74 Å². The highest BCUT2D eigenvalue weighted by molar-refractivity contribution is 14.1. The van der Waals surface area contributed by atoms with Gasteiger partial charge in [-0.3, -0.25) is 0 Å². The van der Waals surface area contributed by atoms with Gasteiger partial charge in [0.15, 0.2) is 0 Å². The molecule has 0 amide bonds. The molecule has 0 bridgehead atoms. The maximum Gasteiger partial charge on any atom is 0.0696 e. The van der Waals surface area contributed by atoms with Crippen LogP contribution in [0.5, 0.6) is 0 Å². The zero-order valence-corrected chi connectivity index (χ0v) is 12.1. The van der Waals surface area contributed by atoms with Crippen LogP contribution in [0, 0.1) is 11.8 Å². The molecule has 15 heavy (non-hydrogen) atoms. The molecule has 2 saturated carbocycles. The SMILES string of the molecule is CC1CCC(OC2CCCC2I)CC1C. The molecule has 2 fully saturated rings. The van der Waals surface area contributed by atoms with Gasteiger partial charge in [0.05, 0.1) is 12.2 Å². The predicted molar refractivity (Wildman–Crippen MR) is 72.5 cm³/mol. The fraction of sp³-hybridized carbons (Fsp3) is 1.00. The summed E-state index contributed by atoms with van der Waals surface area (Å²) in [6, 6.07) is 0. The molecular weight excluding hydrogens is 299 g/mol. The van der Waals surface area contributed by atoms with Crippen molar-refractivity contribution in [1.29, 1.82) is 0 Å². The first-order valence-corrected chi connectivity index (χ1v) is 7.71. The van der Waals surface area contributed by atoms with Crippen molar-refractivity contribution in [3.63, 3.8) is 0 Å². The minimum Gasteiger partial charge on any atom is -0.374 e. The lowest BCUT2D eigenvalue weighted by Gasteiger charge is -2.34. The van der Waals surface area contributed by atoms with Crippen molar-refractivity contribution < 1.29 is 4.74 Å². The molecule has 0 aliphatic heterocycles. The van der Waals surface area contributed by atoms with Crippen LogP contribution in [-0.4, -0.2) is 16.1 Å². The highest BCUT2D eigenvalue weighted by Crippen LogP contribution is 2.35. The normalized spacial score (nSPS) is 47.0. The van der Waals surface area contributed by atoms with Crippen molar-refractivity contribution in [2.45, 2.75) is 68.5 Å². The van der Waals surface area contributed by atoms with E-state index in [0.29, 0.717) is 12.2 Å². The van der Waals surface area contributed by atoms with Gasteiger partial charge in [0.25, 0.3) is 0 Å². The van der Waals surface area contributed by atoms with Gasteiger partial charge in [-0.1, -0.05) is 36.4 Å². The first-order valence-electron chi connectivity index (χ1n) is 6.46. The van der Waals surface area contributed by atoms with E-state index in [9.17, 15) is 0 Å². The van der Waals surface area contributed by atoms with Crippen molar-refractivity contribution in [3.8, 4) is 0 Å². The van der Waals surface area contributed by atoms with E-state index < -0.39 is 0 Å². The average molecular weight is 322 g/mol. The fourth-order valence-corrected chi connectivity index (χ4v) is 3.87. The van der Waals surface area contributed by atoms with E-state index >= 15 is 0 Å². The lowest BCUT2D eigenvalue weighted by atomic mass is 9.80. The molecule has 88 valence electrons. The second kappa shape index (κ2) is 5.35. The highest BCUT2D eigenvalue weighted by Gasteiger charge is 2.31. The molecule has 0 aromatic carbocycles. The standard InChI is InChI=1S/C13H23IO/c1-9-6-7-11(8-10(9)2)15-13-5-3-4-12(13)14/h9-13H,3-8H2,1-2H3. The average Bonchev–Trinajstić information content (AvgIpc) is 2.59. The summed E-state index contributed by atoms with van der Waals surface area (Å²) in [6.45, 7) is 4.77. The molecule has 2 aliphatic carbocycles. The molecule has 0 heterocycles. The molecular formula is C13H23IO. The van der Waals surface area contributed by atoms with Crippen molar-refractivity contribution in [1.82, 2.24) is 0 Å². The Kier molecular flexibility index (Phi) is 4.33. The van der Waals surface area contributed by atoms with Gasteiger partial charge in [-0.15, -0.1) is 0 Å². The third kappa shape index (κ3) is 3.09. The largest absolute Gasteiger partial charge is 0.374 e. The highest BCUT2D eigenvalue weighted by atomic mass is 127. The molecule has 0 aromatic rings. The molecule has 0 N–H and O–H groups in total. The molecule has 0 saturated heterocycles. The lowest BCUT2D eigenvalue weighted by Crippen LogP contribution is -2.31. The summed E-state index contributed by atoms with van der Waals surface area (Å²) >= 11 is 2.57.